The summed E-state index contributed by atoms with van der Waals surface area (Å²) in [6, 6.07) is 0. The molecule has 2 nitrogen and oxygen atoms in total. The van der Waals surface area contributed by atoms with Crippen molar-refractivity contribution in [3.05, 3.63) is 0 Å². The van der Waals surface area contributed by atoms with E-state index >= 15 is 0 Å². The molecule has 0 aromatic heterocycles. The Labute approximate surface area is 178 Å². The maximum atomic E-state index is 8.74. The number of rotatable bonds is 25. The molecule has 0 rings (SSSR count). The quantitative estimate of drug-likeness (QED) is 0.156. The summed E-state index contributed by atoms with van der Waals surface area (Å²) in [5.74, 6) is 0. The zero-order valence-electron chi connectivity index (χ0n) is 19.5. The first-order chi connectivity index (χ1) is 13.9. The van der Waals surface area contributed by atoms with Gasteiger partial charge in [0.05, 0.1) is 0 Å². The van der Waals surface area contributed by atoms with Gasteiger partial charge in [-0.1, -0.05) is 135 Å². The lowest BCUT2D eigenvalue weighted by atomic mass is 10.0. The molecule has 28 heavy (non-hydrogen) atoms. The first-order valence-electron chi connectivity index (χ1n) is 13.0. The van der Waals surface area contributed by atoms with E-state index in [9.17, 15) is 0 Å². The van der Waals surface area contributed by atoms with Crippen LogP contribution in [0, 0.1) is 0 Å². The van der Waals surface area contributed by atoms with Crippen molar-refractivity contribution in [2.45, 2.75) is 148 Å². The minimum atomic E-state index is 0.371. The largest absolute Gasteiger partial charge is 0.396 e. The zero-order valence-corrected chi connectivity index (χ0v) is 19.5. The first-order valence-corrected chi connectivity index (χ1v) is 13.0. The highest BCUT2D eigenvalue weighted by Crippen LogP contribution is 2.15. The predicted molar refractivity (Wildman–Crippen MR) is 125 cm³/mol. The monoisotopic (exact) mass is 398 g/mol. The summed E-state index contributed by atoms with van der Waals surface area (Å²) in [6.07, 6.45) is 32.1. The highest BCUT2D eigenvalue weighted by molar-refractivity contribution is 4.51. The highest BCUT2D eigenvalue weighted by Gasteiger charge is 1.96. The molecule has 0 saturated heterocycles. The third-order valence-electron chi connectivity index (χ3n) is 6.01. The van der Waals surface area contributed by atoms with E-state index in [1.54, 1.807) is 7.11 Å². The van der Waals surface area contributed by atoms with Crippen LogP contribution < -0.4 is 0 Å². The Balaban J connectivity index is 2.96. The molecule has 0 aromatic rings. The number of aliphatic hydroxyl groups excluding tert-OH is 1. The average molecular weight is 399 g/mol. The van der Waals surface area contributed by atoms with Gasteiger partial charge in [0.15, 0.2) is 0 Å². The van der Waals surface area contributed by atoms with Gasteiger partial charge >= 0.3 is 0 Å². The molecule has 2 heteroatoms. The second-order valence-electron chi connectivity index (χ2n) is 8.85. The SMILES string of the molecule is COCCCCCCCCCCCCCCCCCCCCCCCCCO. The first kappa shape index (κ1) is 27.9. The van der Waals surface area contributed by atoms with E-state index in [0.717, 1.165) is 13.0 Å². The molecule has 0 aliphatic heterocycles. The van der Waals surface area contributed by atoms with Gasteiger partial charge in [-0.05, 0) is 12.8 Å². The molecular formula is C26H54O2. The second kappa shape index (κ2) is 26.9. The van der Waals surface area contributed by atoms with Gasteiger partial charge in [0.25, 0.3) is 0 Å². The van der Waals surface area contributed by atoms with Gasteiger partial charge in [-0.3, -0.25) is 0 Å². The topological polar surface area (TPSA) is 29.5 Å². The van der Waals surface area contributed by atoms with Crippen LogP contribution in [-0.2, 0) is 4.74 Å². The fourth-order valence-corrected chi connectivity index (χ4v) is 4.07. The Bertz CT molecular complexity index is 229. The van der Waals surface area contributed by atoms with Crippen LogP contribution in [0.3, 0.4) is 0 Å². The Hall–Kier alpha value is -0.0800. The van der Waals surface area contributed by atoms with E-state index < -0.39 is 0 Å². The molecule has 1 N–H and O–H groups in total. The van der Waals surface area contributed by atoms with Crippen LogP contribution in [0.5, 0.6) is 0 Å². The van der Waals surface area contributed by atoms with Crippen LogP contribution in [-0.4, -0.2) is 25.4 Å². The third-order valence-corrected chi connectivity index (χ3v) is 6.01. The smallest absolute Gasteiger partial charge is 0.0462 e. The van der Waals surface area contributed by atoms with Gasteiger partial charge < -0.3 is 9.84 Å². The molecule has 0 fully saturated rings. The maximum absolute atomic E-state index is 8.74. The summed E-state index contributed by atoms with van der Waals surface area (Å²) in [6.45, 7) is 1.31. The maximum Gasteiger partial charge on any atom is 0.0462 e. The van der Waals surface area contributed by atoms with Gasteiger partial charge in [-0.2, -0.15) is 0 Å². The van der Waals surface area contributed by atoms with Crippen molar-refractivity contribution in [3.8, 4) is 0 Å². The van der Waals surface area contributed by atoms with Gasteiger partial charge in [-0.25, -0.2) is 0 Å². The number of ether oxygens (including phenoxy) is 1. The molecule has 0 atom stereocenters. The van der Waals surface area contributed by atoms with Crippen molar-refractivity contribution in [3.63, 3.8) is 0 Å². The van der Waals surface area contributed by atoms with E-state index in [4.69, 9.17) is 9.84 Å². The average Bonchev–Trinajstić information content (AvgIpc) is 2.71. The van der Waals surface area contributed by atoms with Crippen LogP contribution in [0.15, 0.2) is 0 Å². The van der Waals surface area contributed by atoms with Crippen LogP contribution >= 0.6 is 0 Å². The molecule has 0 aliphatic carbocycles. The number of aliphatic hydroxyl groups is 1. The normalized spacial score (nSPS) is 11.4. The van der Waals surface area contributed by atoms with Crippen LogP contribution in [0.1, 0.15) is 148 Å². The van der Waals surface area contributed by atoms with E-state index in [1.807, 2.05) is 0 Å². The van der Waals surface area contributed by atoms with Crippen molar-refractivity contribution < 1.29 is 9.84 Å². The molecule has 170 valence electrons. The van der Waals surface area contributed by atoms with E-state index in [0.29, 0.717) is 6.61 Å². The van der Waals surface area contributed by atoms with Crippen molar-refractivity contribution in [1.29, 1.82) is 0 Å². The lowest BCUT2D eigenvalue weighted by Crippen LogP contribution is -1.88. The van der Waals surface area contributed by atoms with Gasteiger partial charge in [-0.15, -0.1) is 0 Å². The number of hydrogen-bond acceptors (Lipinski definition) is 2. The molecule has 0 bridgehead atoms. The lowest BCUT2D eigenvalue weighted by Gasteiger charge is -2.04. The predicted octanol–water partition coefficient (Wildman–Crippen LogP) is 8.60. The van der Waals surface area contributed by atoms with Crippen molar-refractivity contribution in [1.82, 2.24) is 0 Å². The summed E-state index contributed by atoms with van der Waals surface area (Å²) in [5.41, 5.74) is 0. The van der Waals surface area contributed by atoms with E-state index in [1.165, 1.54) is 141 Å². The Morgan fingerprint density at radius 1 is 0.357 bits per heavy atom. The Morgan fingerprint density at radius 2 is 0.571 bits per heavy atom. The van der Waals surface area contributed by atoms with Crippen LogP contribution in [0.2, 0.25) is 0 Å². The standard InChI is InChI=1S/C26H54O2/c1-28-26-24-22-20-18-16-14-12-10-8-6-4-2-3-5-7-9-11-13-15-17-19-21-23-25-27/h27H,2-26H2,1H3. The van der Waals surface area contributed by atoms with E-state index in [2.05, 4.69) is 0 Å². The van der Waals surface area contributed by atoms with Gasteiger partial charge in [0, 0.05) is 20.3 Å². The van der Waals surface area contributed by atoms with E-state index in [-0.39, 0.29) is 0 Å². The summed E-state index contributed by atoms with van der Waals surface area (Å²) >= 11 is 0. The Kier molecular flexibility index (Phi) is 26.8. The molecule has 0 saturated carbocycles. The molecule has 0 amide bonds. The molecule has 0 aromatic carbocycles. The van der Waals surface area contributed by atoms with Gasteiger partial charge in [0.2, 0.25) is 0 Å². The summed E-state index contributed by atoms with van der Waals surface area (Å²) < 4.78 is 5.09. The van der Waals surface area contributed by atoms with Crippen molar-refractivity contribution >= 4 is 0 Å². The minimum absolute atomic E-state index is 0.371. The third kappa shape index (κ3) is 25.9. The number of methoxy groups -OCH3 is 1. The molecule has 0 radical (unpaired) electrons. The number of hydrogen-bond donors (Lipinski definition) is 1. The Morgan fingerprint density at radius 3 is 0.786 bits per heavy atom. The summed E-state index contributed by atoms with van der Waals surface area (Å²) in [4.78, 5) is 0. The minimum Gasteiger partial charge on any atom is -0.396 e. The molecule has 0 unspecified atom stereocenters. The second-order valence-corrected chi connectivity index (χ2v) is 8.85. The molecule has 0 heterocycles. The van der Waals surface area contributed by atoms with Crippen molar-refractivity contribution in [2.24, 2.45) is 0 Å². The van der Waals surface area contributed by atoms with Crippen molar-refractivity contribution in [2.75, 3.05) is 20.3 Å². The highest BCUT2D eigenvalue weighted by atomic mass is 16.5. The fraction of sp³-hybridized carbons (Fsp3) is 1.00. The molecule has 0 aliphatic rings. The number of unbranched alkanes of at least 4 members (excludes halogenated alkanes) is 22. The summed E-state index contributed by atoms with van der Waals surface area (Å²) in [7, 11) is 1.80. The molecular weight excluding hydrogens is 344 g/mol. The fourth-order valence-electron chi connectivity index (χ4n) is 4.07. The van der Waals surface area contributed by atoms with Gasteiger partial charge in [0.1, 0.15) is 0 Å². The zero-order chi connectivity index (χ0) is 20.4. The summed E-state index contributed by atoms with van der Waals surface area (Å²) in [5, 5.41) is 8.74. The van der Waals surface area contributed by atoms with Crippen LogP contribution in [0.4, 0.5) is 0 Å². The molecule has 0 spiro atoms. The lowest BCUT2D eigenvalue weighted by molar-refractivity contribution is 0.192. The van der Waals surface area contributed by atoms with Crippen LogP contribution in [0.25, 0.3) is 0 Å².